The third kappa shape index (κ3) is 4.18. The van der Waals surface area contributed by atoms with E-state index in [9.17, 15) is 9.59 Å². The number of nitrogens with zero attached hydrogens (tertiary/aromatic N) is 2. The van der Waals surface area contributed by atoms with Gasteiger partial charge in [0.25, 0.3) is 5.91 Å². The summed E-state index contributed by atoms with van der Waals surface area (Å²) in [6, 6.07) is 15.1. The number of hydrogen-bond donors (Lipinski definition) is 2. The number of benzene rings is 2. The quantitative estimate of drug-likeness (QED) is 0.664. The van der Waals surface area contributed by atoms with Gasteiger partial charge in [-0.2, -0.15) is 0 Å². The minimum atomic E-state index is -0.389. The van der Waals surface area contributed by atoms with Crippen LogP contribution in [0.25, 0.3) is 10.9 Å². The Kier molecular flexibility index (Phi) is 5.65. The molecule has 8 heteroatoms. The second kappa shape index (κ2) is 8.35. The number of halogens is 2. The summed E-state index contributed by atoms with van der Waals surface area (Å²) >= 11 is 12.2. The van der Waals surface area contributed by atoms with Crippen molar-refractivity contribution in [3.05, 3.63) is 64.3 Å². The summed E-state index contributed by atoms with van der Waals surface area (Å²) in [5.41, 5.74) is 2.14. The predicted octanol–water partition coefficient (Wildman–Crippen LogP) is 3.55. The minimum Gasteiger partial charge on any atom is -0.368 e. The van der Waals surface area contributed by atoms with Crippen LogP contribution >= 0.6 is 23.2 Å². The number of anilines is 1. The third-order valence-corrected chi connectivity index (χ3v) is 5.74. The molecule has 0 saturated carbocycles. The normalized spacial score (nSPS) is 14.3. The maximum Gasteiger partial charge on any atom is 0.269 e. The van der Waals surface area contributed by atoms with Gasteiger partial charge in [0.05, 0.1) is 11.6 Å². The van der Waals surface area contributed by atoms with Crippen LogP contribution in [0.1, 0.15) is 10.5 Å². The molecule has 1 aliphatic rings. The average Bonchev–Trinajstić information content (AvgIpc) is 3.09. The first-order chi connectivity index (χ1) is 14.0. The zero-order valence-electron chi connectivity index (χ0n) is 15.6. The van der Waals surface area contributed by atoms with Gasteiger partial charge >= 0.3 is 0 Å². The highest BCUT2D eigenvalue weighted by atomic mass is 35.5. The van der Waals surface area contributed by atoms with E-state index >= 15 is 0 Å². The number of aromatic nitrogens is 1. The van der Waals surface area contributed by atoms with Crippen LogP contribution in [0, 0.1) is 0 Å². The summed E-state index contributed by atoms with van der Waals surface area (Å²) in [5.74, 6) is -0.499. The lowest BCUT2D eigenvalue weighted by atomic mass is 10.2. The number of piperazine rings is 1. The fourth-order valence-corrected chi connectivity index (χ4v) is 3.91. The Bertz CT molecular complexity index is 1040. The van der Waals surface area contributed by atoms with Crippen LogP contribution in [0.5, 0.6) is 0 Å². The lowest BCUT2D eigenvalue weighted by molar-refractivity contribution is -0.130. The molecule has 150 valence electrons. The first-order valence-corrected chi connectivity index (χ1v) is 10.1. The molecule has 1 aromatic heterocycles. The molecule has 1 aliphatic heterocycles. The molecule has 0 bridgehead atoms. The molecule has 0 atom stereocenters. The van der Waals surface area contributed by atoms with Gasteiger partial charge in [-0.3, -0.25) is 9.59 Å². The van der Waals surface area contributed by atoms with Gasteiger partial charge in [0.15, 0.2) is 0 Å². The SMILES string of the molecule is O=C(NCC(=O)N1CCN(c2ccc(Cl)cc2)CC1)c1[nH]c2ccccc2c1Cl. The average molecular weight is 431 g/mol. The molecular weight excluding hydrogens is 411 g/mol. The maximum absolute atomic E-state index is 12.5. The fourth-order valence-electron chi connectivity index (χ4n) is 3.49. The maximum atomic E-state index is 12.5. The van der Waals surface area contributed by atoms with Crippen molar-refractivity contribution in [2.24, 2.45) is 0 Å². The Balaban J connectivity index is 1.31. The highest BCUT2D eigenvalue weighted by Crippen LogP contribution is 2.27. The third-order valence-electron chi connectivity index (χ3n) is 5.09. The number of carbonyl (C=O) groups excluding carboxylic acids is 2. The number of H-pyrrole nitrogens is 1. The van der Waals surface area contributed by atoms with E-state index in [0.29, 0.717) is 23.1 Å². The summed E-state index contributed by atoms with van der Waals surface area (Å²) in [5, 5.41) is 4.52. The van der Waals surface area contributed by atoms with E-state index in [2.05, 4.69) is 15.2 Å². The number of amides is 2. The topological polar surface area (TPSA) is 68.4 Å². The second-order valence-electron chi connectivity index (χ2n) is 6.89. The van der Waals surface area contributed by atoms with Crippen molar-refractivity contribution in [2.75, 3.05) is 37.6 Å². The largest absolute Gasteiger partial charge is 0.368 e. The lowest BCUT2D eigenvalue weighted by Gasteiger charge is -2.36. The molecule has 0 radical (unpaired) electrons. The number of hydrogen-bond acceptors (Lipinski definition) is 3. The molecule has 1 saturated heterocycles. The molecule has 2 amide bonds. The summed E-state index contributed by atoms with van der Waals surface area (Å²) in [4.78, 5) is 32.0. The summed E-state index contributed by atoms with van der Waals surface area (Å²) in [6.45, 7) is 2.60. The van der Waals surface area contributed by atoms with Crippen LogP contribution in [0.2, 0.25) is 10.0 Å². The highest BCUT2D eigenvalue weighted by molar-refractivity contribution is 6.38. The van der Waals surface area contributed by atoms with E-state index in [-0.39, 0.29) is 24.1 Å². The smallest absolute Gasteiger partial charge is 0.269 e. The summed E-state index contributed by atoms with van der Waals surface area (Å²) in [7, 11) is 0. The van der Waals surface area contributed by atoms with Crippen LogP contribution in [-0.4, -0.2) is 54.4 Å². The van der Waals surface area contributed by atoms with Crippen LogP contribution in [0.15, 0.2) is 48.5 Å². The summed E-state index contributed by atoms with van der Waals surface area (Å²) < 4.78 is 0. The second-order valence-corrected chi connectivity index (χ2v) is 7.70. The van der Waals surface area contributed by atoms with E-state index in [1.165, 1.54) is 0 Å². The van der Waals surface area contributed by atoms with Gasteiger partial charge in [0, 0.05) is 47.8 Å². The van der Waals surface area contributed by atoms with E-state index in [0.717, 1.165) is 29.7 Å². The predicted molar refractivity (Wildman–Crippen MR) is 116 cm³/mol. The first kappa shape index (κ1) is 19.6. The number of rotatable bonds is 4. The zero-order valence-corrected chi connectivity index (χ0v) is 17.1. The fraction of sp³-hybridized carbons (Fsp3) is 0.238. The number of nitrogens with one attached hydrogen (secondary N) is 2. The van der Waals surface area contributed by atoms with Crippen molar-refractivity contribution in [3.63, 3.8) is 0 Å². The van der Waals surface area contributed by atoms with Gasteiger partial charge in [0.1, 0.15) is 5.69 Å². The molecule has 2 aromatic carbocycles. The Labute approximate surface area is 178 Å². The molecule has 0 aliphatic carbocycles. The minimum absolute atomic E-state index is 0.0640. The van der Waals surface area contributed by atoms with E-state index < -0.39 is 0 Å². The number of para-hydroxylation sites is 1. The van der Waals surface area contributed by atoms with Gasteiger partial charge in [-0.25, -0.2) is 0 Å². The number of carbonyl (C=O) groups is 2. The van der Waals surface area contributed by atoms with Crippen molar-refractivity contribution in [1.82, 2.24) is 15.2 Å². The van der Waals surface area contributed by atoms with Crippen molar-refractivity contribution in [3.8, 4) is 0 Å². The van der Waals surface area contributed by atoms with Crippen molar-refractivity contribution in [1.29, 1.82) is 0 Å². The molecular formula is C21H20Cl2N4O2. The van der Waals surface area contributed by atoms with Gasteiger partial charge in [-0.1, -0.05) is 41.4 Å². The Morgan fingerprint density at radius 1 is 0.966 bits per heavy atom. The molecule has 2 heterocycles. The van der Waals surface area contributed by atoms with Crippen molar-refractivity contribution < 1.29 is 9.59 Å². The monoisotopic (exact) mass is 430 g/mol. The molecule has 0 spiro atoms. The Morgan fingerprint density at radius 2 is 1.66 bits per heavy atom. The van der Waals surface area contributed by atoms with E-state index in [1.807, 2.05) is 48.5 Å². The zero-order chi connectivity index (χ0) is 20.4. The van der Waals surface area contributed by atoms with Gasteiger partial charge < -0.3 is 20.1 Å². The van der Waals surface area contributed by atoms with Crippen LogP contribution < -0.4 is 10.2 Å². The lowest BCUT2D eigenvalue weighted by Crippen LogP contribution is -2.51. The summed E-state index contributed by atoms with van der Waals surface area (Å²) in [6.07, 6.45) is 0. The van der Waals surface area contributed by atoms with E-state index in [4.69, 9.17) is 23.2 Å². The van der Waals surface area contributed by atoms with Crippen molar-refractivity contribution in [2.45, 2.75) is 0 Å². The van der Waals surface area contributed by atoms with Crippen molar-refractivity contribution >= 4 is 51.6 Å². The van der Waals surface area contributed by atoms with Gasteiger partial charge in [0.2, 0.25) is 5.91 Å². The van der Waals surface area contributed by atoms with Crippen LogP contribution in [0.3, 0.4) is 0 Å². The molecule has 6 nitrogen and oxygen atoms in total. The van der Waals surface area contributed by atoms with Crippen LogP contribution in [-0.2, 0) is 4.79 Å². The number of fused-ring (bicyclic) bond motifs is 1. The molecule has 3 aromatic rings. The molecule has 4 rings (SSSR count). The Hall–Kier alpha value is -2.70. The van der Waals surface area contributed by atoms with Gasteiger partial charge in [-0.05, 0) is 30.3 Å². The highest BCUT2D eigenvalue weighted by Gasteiger charge is 2.23. The molecule has 0 unspecified atom stereocenters. The van der Waals surface area contributed by atoms with Crippen LogP contribution in [0.4, 0.5) is 5.69 Å². The van der Waals surface area contributed by atoms with E-state index in [1.54, 1.807) is 4.90 Å². The van der Waals surface area contributed by atoms with Gasteiger partial charge in [-0.15, -0.1) is 0 Å². The molecule has 29 heavy (non-hydrogen) atoms. The first-order valence-electron chi connectivity index (χ1n) is 9.35. The standard InChI is InChI=1S/C21H20Cl2N4O2/c22-14-5-7-15(8-6-14)26-9-11-27(12-10-26)18(28)13-24-21(29)20-19(23)16-3-1-2-4-17(16)25-20/h1-8,25H,9-13H2,(H,24,29). The molecule has 1 fully saturated rings. The molecule has 2 N–H and O–H groups in total. The Morgan fingerprint density at radius 3 is 2.34 bits per heavy atom. The number of aromatic amines is 1.